The molecule has 0 aliphatic rings. The van der Waals surface area contributed by atoms with E-state index in [1.165, 1.54) is 6.92 Å². The fourth-order valence-corrected chi connectivity index (χ4v) is 1.49. The number of halogens is 3. The minimum Gasteiger partial charge on any atom is -0.466 e. The van der Waals surface area contributed by atoms with Gasteiger partial charge in [0.15, 0.2) is 0 Å². The van der Waals surface area contributed by atoms with Crippen molar-refractivity contribution in [2.75, 3.05) is 6.61 Å². The Morgan fingerprint density at radius 3 is 2.71 bits per heavy atom. The number of carbonyl (C=O) groups excluding carboxylic acids is 1. The maximum Gasteiger partial charge on any atom is 0.311 e. The summed E-state index contributed by atoms with van der Waals surface area (Å²) in [6, 6.07) is 0.913. The number of nitrogens with zero attached hydrogens (tertiary/aromatic N) is 1. The van der Waals surface area contributed by atoms with E-state index in [2.05, 4.69) is 9.72 Å². The molecule has 0 unspecified atom stereocenters. The maximum atomic E-state index is 13.0. The van der Waals surface area contributed by atoms with Crippen LogP contribution < -0.4 is 0 Å². The van der Waals surface area contributed by atoms with Gasteiger partial charge in [0.05, 0.1) is 18.7 Å². The van der Waals surface area contributed by atoms with Crippen LogP contribution >= 0.6 is 0 Å². The van der Waals surface area contributed by atoms with Gasteiger partial charge in [-0.15, -0.1) is 0 Å². The van der Waals surface area contributed by atoms with Gasteiger partial charge in [-0.25, -0.2) is 13.8 Å². The predicted molar refractivity (Wildman–Crippen MR) is 54.2 cm³/mol. The zero-order valence-electron chi connectivity index (χ0n) is 9.47. The summed E-state index contributed by atoms with van der Waals surface area (Å²) in [7, 11) is 0. The fraction of sp³-hybridized carbons (Fsp3) is 0.455. The van der Waals surface area contributed by atoms with Gasteiger partial charge in [0, 0.05) is 5.56 Å². The Kier molecular flexibility index (Phi) is 4.48. The topological polar surface area (TPSA) is 39.2 Å². The molecule has 0 saturated heterocycles. The van der Waals surface area contributed by atoms with Crippen LogP contribution in [0.3, 0.4) is 0 Å². The van der Waals surface area contributed by atoms with E-state index < -0.39 is 30.3 Å². The van der Waals surface area contributed by atoms with E-state index in [9.17, 15) is 18.0 Å². The SMILES string of the molecule is CCOC(=O)Cc1nc(F)cc(C)c1C(F)F. The molecule has 3 nitrogen and oxygen atoms in total. The van der Waals surface area contributed by atoms with Crippen LogP contribution in [0.4, 0.5) is 13.2 Å². The van der Waals surface area contributed by atoms with Crippen molar-refractivity contribution in [2.45, 2.75) is 26.7 Å². The van der Waals surface area contributed by atoms with E-state index >= 15 is 0 Å². The zero-order valence-corrected chi connectivity index (χ0v) is 9.47. The van der Waals surface area contributed by atoms with Crippen LogP contribution in [0.15, 0.2) is 6.07 Å². The second-order valence-corrected chi connectivity index (χ2v) is 3.40. The molecule has 1 rings (SSSR count). The number of hydrogen-bond donors (Lipinski definition) is 0. The lowest BCUT2D eigenvalue weighted by Gasteiger charge is -2.10. The molecule has 6 heteroatoms. The molecule has 1 heterocycles. The first kappa shape index (κ1) is 13.5. The van der Waals surface area contributed by atoms with Gasteiger partial charge in [-0.3, -0.25) is 4.79 Å². The van der Waals surface area contributed by atoms with E-state index in [4.69, 9.17) is 0 Å². The van der Waals surface area contributed by atoms with Gasteiger partial charge in [-0.05, 0) is 25.5 Å². The summed E-state index contributed by atoms with van der Waals surface area (Å²) in [6.45, 7) is 3.08. The van der Waals surface area contributed by atoms with Gasteiger partial charge in [0.2, 0.25) is 5.95 Å². The first-order valence-electron chi connectivity index (χ1n) is 5.05. The predicted octanol–water partition coefficient (Wildman–Crippen LogP) is 2.57. The first-order chi connectivity index (χ1) is 7.95. The molecule has 0 saturated carbocycles. The van der Waals surface area contributed by atoms with Gasteiger partial charge in [0.25, 0.3) is 6.43 Å². The number of hydrogen-bond acceptors (Lipinski definition) is 3. The molecule has 0 bridgehead atoms. The summed E-state index contributed by atoms with van der Waals surface area (Å²) in [4.78, 5) is 14.5. The summed E-state index contributed by atoms with van der Waals surface area (Å²) in [5.41, 5.74) is -0.595. The van der Waals surface area contributed by atoms with Crippen LogP contribution in [-0.2, 0) is 16.0 Å². The van der Waals surface area contributed by atoms with Gasteiger partial charge >= 0.3 is 5.97 Å². The number of esters is 1. The third kappa shape index (κ3) is 3.44. The lowest BCUT2D eigenvalue weighted by Crippen LogP contribution is -2.13. The van der Waals surface area contributed by atoms with Crippen LogP contribution in [0.1, 0.15) is 30.2 Å². The fourth-order valence-electron chi connectivity index (χ4n) is 1.49. The van der Waals surface area contributed by atoms with Crippen molar-refractivity contribution in [1.29, 1.82) is 0 Å². The van der Waals surface area contributed by atoms with Crippen molar-refractivity contribution < 1.29 is 22.7 Å². The number of aromatic nitrogens is 1. The molecule has 0 fully saturated rings. The molecule has 1 aromatic rings. The lowest BCUT2D eigenvalue weighted by atomic mass is 10.1. The Balaban J connectivity index is 3.08. The second kappa shape index (κ2) is 5.65. The Morgan fingerprint density at radius 2 is 2.18 bits per heavy atom. The highest BCUT2D eigenvalue weighted by molar-refractivity contribution is 5.72. The average molecular weight is 247 g/mol. The summed E-state index contributed by atoms with van der Waals surface area (Å²) < 4.78 is 43.1. The number of pyridine rings is 1. The molecule has 0 spiro atoms. The highest BCUT2D eigenvalue weighted by Gasteiger charge is 2.21. The number of alkyl halides is 2. The van der Waals surface area contributed by atoms with Crippen molar-refractivity contribution in [1.82, 2.24) is 4.98 Å². The monoisotopic (exact) mass is 247 g/mol. The third-order valence-corrected chi connectivity index (χ3v) is 2.15. The molecule has 17 heavy (non-hydrogen) atoms. The summed E-state index contributed by atoms with van der Waals surface area (Å²) in [5, 5.41) is 0. The van der Waals surface area contributed by atoms with Gasteiger partial charge in [0.1, 0.15) is 0 Å². The van der Waals surface area contributed by atoms with Crippen molar-refractivity contribution in [3.63, 3.8) is 0 Å². The Bertz CT molecular complexity index is 421. The van der Waals surface area contributed by atoms with Gasteiger partial charge in [-0.2, -0.15) is 4.39 Å². The highest BCUT2D eigenvalue weighted by Crippen LogP contribution is 2.26. The smallest absolute Gasteiger partial charge is 0.311 e. The Labute approximate surface area is 96.6 Å². The van der Waals surface area contributed by atoms with E-state index in [1.807, 2.05) is 0 Å². The lowest BCUT2D eigenvalue weighted by molar-refractivity contribution is -0.142. The van der Waals surface area contributed by atoms with Crippen LogP contribution in [0, 0.1) is 12.9 Å². The van der Waals surface area contributed by atoms with Crippen molar-refractivity contribution in [2.24, 2.45) is 0 Å². The largest absolute Gasteiger partial charge is 0.466 e. The van der Waals surface area contributed by atoms with Crippen LogP contribution in [0.5, 0.6) is 0 Å². The number of aryl methyl sites for hydroxylation is 1. The Hall–Kier alpha value is -1.59. The standard InChI is InChI=1S/C11H12F3NO2/c1-3-17-9(16)5-7-10(11(13)14)6(2)4-8(12)15-7/h4,11H,3,5H2,1-2H3. The quantitative estimate of drug-likeness (QED) is 0.606. The number of rotatable bonds is 4. The molecule has 1 aromatic heterocycles. The minimum atomic E-state index is -2.80. The molecule has 0 aliphatic heterocycles. The molecule has 0 radical (unpaired) electrons. The van der Waals surface area contributed by atoms with E-state index in [-0.39, 0.29) is 17.9 Å². The van der Waals surface area contributed by atoms with E-state index in [0.29, 0.717) is 0 Å². The maximum absolute atomic E-state index is 13.0. The molecular weight excluding hydrogens is 235 g/mol. The molecule has 0 aliphatic carbocycles. The van der Waals surface area contributed by atoms with E-state index in [0.717, 1.165) is 6.07 Å². The van der Waals surface area contributed by atoms with Gasteiger partial charge < -0.3 is 4.74 Å². The number of ether oxygens (including phenoxy) is 1. The first-order valence-corrected chi connectivity index (χ1v) is 5.05. The molecule has 0 aromatic carbocycles. The third-order valence-electron chi connectivity index (χ3n) is 2.15. The summed E-state index contributed by atoms with van der Waals surface area (Å²) in [6.07, 6.45) is -3.25. The normalized spacial score (nSPS) is 10.7. The Morgan fingerprint density at radius 1 is 1.53 bits per heavy atom. The molecular formula is C11H12F3NO2. The summed E-state index contributed by atoms with van der Waals surface area (Å²) >= 11 is 0. The van der Waals surface area contributed by atoms with Crippen LogP contribution in [0.25, 0.3) is 0 Å². The van der Waals surface area contributed by atoms with Crippen molar-refractivity contribution in [3.05, 3.63) is 28.8 Å². The highest BCUT2D eigenvalue weighted by atomic mass is 19.3. The van der Waals surface area contributed by atoms with E-state index in [1.54, 1.807) is 6.92 Å². The number of carbonyl (C=O) groups is 1. The average Bonchev–Trinajstić information content (AvgIpc) is 2.15. The summed E-state index contributed by atoms with van der Waals surface area (Å²) in [5.74, 6) is -1.59. The molecule has 0 amide bonds. The van der Waals surface area contributed by atoms with Gasteiger partial charge in [-0.1, -0.05) is 0 Å². The second-order valence-electron chi connectivity index (χ2n) is 3.40. The minimum absolute atomic E-state index is 0.0757. The molecule has 0 atom stereocenters. The van der Waals surface area contributed by atoms with Crippen LogP contribution in [-0.4, -0.2) is 17.6 Å². The van der Waals surface area contributed by atoms with Crippen LogP contribution in [0.2, 0.25) is 0 Å². The molecule has 0 N–H and O–H groups in total. The molecule has 94 valence electrons. The van der Waals surface area contributed by atoms with Crippen molar-refractivity contribution in [3.8, 4) is 0 Å². The zero-order chi connectivity index (χ0) is 13.0. The van der Waals surface area contributed by atoms with Crippen molar-refractivity contribution >= 4 is 5.97 Å².